The van der Waals surface area contributed by atoms with E-state index in [9.17, 15) is 14.7 Å². The molecule has 8 nitrogen and oxygen atoms in total. The SMILES string of the molecule is Cc1ccc2nc(N3C(=O)C(O)=C(C(=O)c4cc5cc(Br)ccc5o4)C3c3ccco3)[nH]c2c1. The van der Waals surface area contributed by atoms with Gasteiger partial charge < -0.3 is 18.9 Å². The number of rotatable bonds is 4. The van der Waals surface area contributed by atoms with Crippen molar-refractivity contribution in [2.45, 2.75) is 13.0 Å². The Morgan fingerprint density at radius 1 is 1.18 bits per heavy atom. The van der Waals surface area contributed by atoms with Crippen molar-refractivity contribution in [1.29, 1.82) is 0 Å². The van der Waals surface area contributed by atoms with Crippen LogP contribution in [0.15, 0.2) is 85.5 Å². The number of carbonyl (C=O) groups is 2. The standard InChI is InChI=1S/C25H16BrN3O5/c1-12-4-6-15-16(9-12)28-25(27-15)29-21(18-3-2-8-33-18)20(23(31)24(29)32)22(30)19-11-13-10-14(26)5-7-17(13)34-19/h2-11,21,31H,1H3,(H,27,28). The molecule has 168 valence electrons. The molecule has 34 heavy (non-hydrogen) atoms. The van der Waals surface area contributed by atoms with Crippen LogP contribution in [0.3, 0.4) is 0 Å². The van der Waals surface area contributed by atoms with E-state index in [2.05, 4.69) is 25.9 Å². The van der Waals surface area contributed by atoms with Gasteiger partial charge in [-0.25, -0.2) is 4.98 Å². The van der Waals surface area contributed by atoms with E-state index in [1.165, 1.54) is 11.2 Å². The van der Waals surface area contributed by atoms with Crippen molar-refractivity contribution in [3.63, 3.8) is 0 Å². The molecule has 1 aliphatic rings. The minimum absolute atomic E-state index is 0.00101. The van der Waals surface area contributed by atoms with E-state index < -0.39 is 23.5 Å². The maximum absolute atomic E-state index is 13.6. The number of hydrogen-bond acceptors (Lipinski definition) is 6. The second-order valence-electron chi connectivity index (χ2n) is 8.06. The number of benzene rings is 2. The Hall–Kier alpha value is -4.11. The number of amides is 1. The van der Waals surface area contributed by atoms with Gasteiger partial charge in [-0.15, -0.1) is 0 Å². The molecule has 2 N–H and O–H groups in total. The maximum atomic E-state index is 13.6. The van der Waals surface area contributed by atoms with Crippen LogP contribution in [0.2, 0.25) is 0 Å². The summed E-state index contributed by atoms with van der Waals surface area (Å²) < 4.78 is 12.2. The summed E-state index contributed by atoms with van der Waals surface area (Å²) in [5.74, 6) is -1.56. The van der Waals surface area contributed by atoms with Gasteiger partial charge in [0, 0.05) is 9.86 Å². The highest BCUT2D eigenvalue weighted by Crippen LogP contribution is 2.42. The third-order valence-corrected chi connectivity index (χ3v) is 6.31. The van der Waals surface area contributed by atoms with Gasteiger partial charge in [-0.1, -0.05) is 22.0 Å². The summed E-state index contributed by atoms with van der Waals surface area (Å²) in [5, 5.41) is 11.6. The highest BCUT2D eigenvalue weighted by atomic mass is 79.9. The van der Waals surface area contributed by atoms with Crippen molar-refractivity contribution < 1.29 is 23.5 Å². The van der Waals surface area contributed by atoms with Gasteiger partial charge in [0.05, 0.1) is 22.9 Å². The van der Waals surface area contributed by atoms with E-state index >= 15 is 0 Å². The Morgan fingerprint density at radius 3 is 2.82 bits per heavy atom. The Bertz CT molecular complexity index is 1640. The lowest BCUT2D eigenvalue weighted by Crippen LogP contribution is -2.31. The number of hydrogen-bond donors (Lipinski definition) is 2. The third kappa shape index (κ3) is 3.08. The number of furan rings is 2. The van der Waals surface area contributed by atoms with Crippen LogP contribution < -0.4 is 4.90 Å². The smallest absolute Gasteiger partial charge is 0.296 e. The van der Waals surface area contributed by atoms with Crippen LogP contribution in [0, 0.1) is 6.92 Å². The highest BCUT2D eigenvalue weighted by molar-refractivity contribution is 9.10. The second-order valence-corrected chi connectivity index (χ2v) is 8.97. The zero-order valence-corrected chi connectivity index (χ0v) is 19.3. The number of fused-ring (bicyclic) bond motifs is 2. The van der Waals surface area contributed by atoms with Crippen LogP contribution in [-0.4, -0.2) is 26.8 Å². The van der Waals surface area contributed by atoms with Crippen molar-refractivity contribution in [1.82, 2.24) is 9.97 Å². The number of aromatic amines is 1. The average molecular weight is 518 g/mol. The molecule has 0 bridgehead atoms. The first kappa shape index (κ1) is 20.5. The number of aromatic nitrogens is 2. The van der Waals surface area contributed by atoms with Gasteiger partial charge in [0.15, 0.2) is 11.5 Å². The molecule has 0 aliphatic carbocycles. The van der Waals surface area contributed by atoms with E-state index in [-0.39, 0.29) is 17.3 Å². The zero-order valence-electron chi connectivity index (χ0n) is 17.7. The van der Waals surface area contributed by atoms with E-state index in [0.717, 1.165) is 15.6 Å². The summed E-state index contributed by atoms with van der Waals surface area (Å²) in [6.45, 7) is 1.95. The Balaban J connectivity index is 1.49. The van der Waals surface area contributed by atoms with Gasteiger partial charge >= 0.3 is 0 Å². The van der Waals surface area contributed by atoms with Gasteiger partial charge in [0.25, 0.3) is 5.91 Å². The molecule has 1 aliphatic heterocycles. The number of aliphatic hydroxyl groups excluding tert-OH is 1. The summed E-state index contributed by atoms with van der Waals surface area (Å²) in [6.07, 6.45) is 1.44. The Kier molecular flexibility index (Phi) is 4.50. The number of halogens is 1. The fourth-order valence-electron chi connectivity index (χ4n) is 4.25. The third-order valence-electron chi connectivity index (χ3n) is 5.82. The Morgan fingerprint density at radius 2 is 2.03 bits per heavy atom. The topological polar surface area (TPSA) is 113 Å². The van der Waals surface area contributed by atoms with Crippen molar-refractivity contribution in [3.05, 3.63) is 93.7 Å². The first-order chi connectivity index (χ1) is 16.4. The molecule has 0 spiro atoms. The largest absolute Gasteiger partial charge is 0.503 e. The van der Waals surface area contributed by atoms with Gasteiger partial charge in [-0.2, -0.15) is 0 Å². The predicted octanol–water partition coefficient (Wildman–Crippen LogP) is 5.76. The first-order valence-electron chi connectivity index (χ1n) is 10.4. The monoisotopic (exact) mass is 517 g/mol. The van der Waals surface area contributed by atoms with E-state index in [1.54, 1.807) is 30.3 Å². The summed E-state index contributed by atoms with van der Waals surface area (Å²) in [6, 6.07) is 14.8. The molecule has 1 amide bonds. The fraction of sp³-hybridized carbons (Fsp3) is 0.0800. The van der Waals surface area contributed by atoms with Crippen LogP contribution in [0.25, 0.3) is 22.0 Å². The minimum atomic E-state index is -1.03. The van der Waals surface area contributed by atoms with Crippen LogP contribution in [0.1, 0.15) is 27.9 Å². The van der Waals surface area contributed by atoms with Crippen LogP contribution >= 0.6 is 15.9 Å². The maximum Gasteiger partial charge on any atom is 0.296 e. The number of imidazole rings is 1. The predicted molar refractivity (Wildman–Crippen MR) is 128 cm³/mol. The molecule has 0 radical (unpaired) electrons. The summed E-state index contributed by atoms with van der Waals surface area (Å²) in [4.78, 5) is 35.7. The molecule has 2 aromatic carbocycles. The van der Waals surface area contributed by atoms with Gasteiger partial charge in [-0.05, 0) is 61.0 Å². The lowest BCUT2D eigenvalue weighted by Gasteiger charge is -2.21. The molecule has 0 saturated heterocycles. The number of Topliss-reactive ketones (excluding diaryl/α,β-unsaturated/α-hetero) is 1. The van der Waals surface area contributed by atoms with Crippen molar-refractivity contribution in [2.75, 3.05) is 4.90 Å². The zero-order chi connectivity index (χ0) is 23.6. The van der Waals surface area contributed by atoms with E-state index in [0.29, 0.717) is 22.2 Å². The number of nitrogens with one attached hydrogen (secondary N) is 1. The number of H-pyrrole nitrogens is 1. The molecule has 0 fully saturated rings. The number of aliphatic hydroxyl groups is 1. The summed E-state index contributed by atoms with van der Waals surface area (Å²) in [7, 11) is 0. The lowest BCUT2D eigenvalue weighted by molar-refractivity contribution is -0.117. The van der Waals surface area contributed by atoms with Crippen molar-refractivity contribution >= 4 is 55.6 Å². The van der Waals surface area contributed by atoms with Crippen LogP contribution in [0.5, 0.6) is 0 Å². The van der Waals surface area contributed by atoms with E-state index in [1.807, 2.05) is 31.2 Å². The highest BCUT2D eigenvalue weighted by Gasteiger charge is 2.48. The molecule has 5 aromatic rings. The molecular weight excluding hydrogens is 502 g/mol. The molecule has 6 rings (SSSR count). The first-order valence-corrected chi connectivity index (χ1v) is 11.2. The van der Waals surface area contributed by atoms with Gasteiger partial charge in [0.2, 0.25) is 11.7 Å². The number of ketones is 1. The molecule has 3 aromatic heterocycles. The van der Waals surface area contributed by atoms with Crippen molar-refractivity contribution in [3.8, 4) is 0 Å². The average Bonchev–Trinajstić information content (AvgIpc) is 3.58. The van der Waals surface area contributed by atoms with E-state index in [4.69, 9.17) is 8.83 Å². The second kappa shape index (κ2) is 7.46. The number of carbonyl (C=O) groups excluding carboxylic acids is 2. The molecule has 1 atom stereocenters. The number of nitrogens with zero attached hydrogens (tertiary/aromatic N) is 2. The summed E-state index contributed by atoms with van der Waals surface area (Å²) >= 11 is 3.40. The molecule has 4 heterocycles. The number of aryl methyl sites for hydroxylation is 1. The molecule has 1 unspecified atom stereocenters. The minimum Gasteiger partial charge on any atom is -0.503 e. The molecule has 0 saturated carbocycles. The lowest BCUT2D eigenvalue weighted by atomic mass is 9.99. The van der Waals surface area contributed by atoms with Gasteiger partial charge in [-0.3, -0.25) is 14.5 Å². The number of anilines is 1. The van der Waals surface area contributed by atoms with Crippen LogP contribution in [0.4, 0.5) is 5.95 Å². The molecule has 9 heteroatoms. The van der Waals surface area contributed by atoms with Crippen LogP contribution in [-0.2, 0) is 4.79 Å². The normalized spacial score (nSPS) is 16.4. The quantitative estimate of drug-likeness (QED) is 0.293. The molecular formula is C25H16BrN3O5. The van der Waals surface area contributed by atoms with Gasteiger partial charge in [0.1, 0.15) is 17.4 Å². The fourth-order valence-corrected chi connectivity index (χ4v) is 4.63. The van der Waals surface area contributed by atoms with Crippen molar-refractivity contribution in [2.24, 2.45) is 0 Å². The Labute approximate surface area is 200 Å². The summed E-state index contributed by atoms with van der Waals surface area (Å²) in [5.41, 5.74) is 2.76.